The first-order valence-electron chi connectivity index (χ1n) is 5.05. The van der Waals surface area contributed by atoms with E-state index in [1.54, 1.807) is 0 Å². The summed E-state index contributed by atoms with van der Waals surface area (Å²) in [7, 11) is 0. The molecule has 4 nitrogen and oxygen atoms in total. The Kier molecular flexibility index (Phi) is 3.35. The van der Waals surface area contributed by atoms with Crippen LogP contribution in [0.4, 0.5) is 14.5 Å². The number of hydrogen-bond acceptors (Lipinski definition) is 3. The Labute approximate surface area is 111 Å². The lowest BCUT2D eigenvalue weighted by Gasteiger charge is -2.07. The van der Waals surface area contributed by atoms with Gasteiger partial charge in [0.2, 0.25) is 0 Å². The molecular formula is C12H7ClF2N2O2. The fourth-order valence-corrected chi connectivity index (χ4v) is 1.61. The molecule has 0 amide bonds. The molecule has 1 heterocycles. The molecule has 0 aliphatic heterocycles. The molecule has 3 N–H and O–H groups in total. The minimum absolute atomic E-state index is 0.0502. The van der Waals surface area contributed by atoms with Gasteiger partial charge in [0.15, 0.2) is 11.5 Å². The molecule has 0 radical (unpaired) electrons. The third-order valence-corrected chi connectivity index (χ3v) is 2.70. The summed E-state index contributed by atoms with van der Waals surface area (Å²) in [6.45, 7) is 0. The third kappa shape index (κ3) is 2.48. The lowest BCUT2D eigenvalue weighted by molar-refractivity contribution is 0.0690. The number of halogens is 3. The summed E-state index contributed by atoms with van der Waals surface area (Å²) in [6.07, 6.45) is 0. The van der Waals surface area contributed by atoms with Crippen LogP contribution in [0.5, 0.6) is 0 Å². The summed E-state index contributed by atoms with van der Waals surface area (Å²) in [5, 5.41) is 8.70. The highest BCUT2D eigenvalue weighted by molar-refractivity contribution is 6.30. The van der Waals surface area contributed by atoms with E-state index < -0.39 is 23.3 Å². The Morgan fingerprint density at radius 1 is 1.32 bits per heavy atom. The van der Waals surface area contributed by atoms with E-state index in [1.165, 1.54) is 12.1 Å². The summed E-state index contributed by atoms with van der Waals surface area (Å²) in [5.41, 5.74) is 4.27. The van der Waals surface area contributed by atoms with Crippen molar-refractivity contribution in [3.63, 3.8) is 0 Å². The quantitative estimate of drug-likeness (QED) is 0.889. The molecule has 1 aromatic carbocycles. The molecule has 0 fully saturated rings. The van der Waals surface area contributed by atoms with Gasteiger partial charge in [-0.1, -0.05) is 17.7 Å². The molecular weight excluding hydrogens is 278 g/mol. The molecule has 7 heteroatoms. The van der Waals surface area contributed by atoms with Crippen LogP contribution < -0.4 is 5.73 Å². The van der Waals surface area contributed by atoms with Gasteiger partial charge < -0.3 is 10.8 Å². The van der Waals surface area contributed by atoms with Crippen LogP contribution in [0, 0.1) is 11.6 Å². The second-order valence-corrected chi connectivity index (χ2v) is 4.10. The Morgan fingerprint density at radius 2 is 2.00 bits per heavy atom. The maximum absolute atomic E-state index is 13.8. The summed E-state index contributed by atoms with van der Waals surface area (Å²) < 4.78 is 27.2. The Hall–Kier alpha value is -2.21. The van der Waals surface area contributed by atoms with E-state index >= 15 is 0 Å². The fraction of sp³-hybridized carbons (Fsp3) is 0. The van der Waals surface area contributed by atoms with E-state index in [9.17, 15) is 13.6 Å². The van der Waals surface area contributed by atoms with E-state index in [0.29, 0.717) is 0 Å². The number of hydrogen-bond donors (Lipinski definition) is 2. The summed E-state index contributed by atoms with van der Waals surface area (Å²) >= 11 is 5.51. The molecule has 0 bridgehead atoms. The number of carbonyl (C=O) groups is 1. The maximum atomic E-state index is 13.8. The number of nitrogens with zero attached hydrogens (tertiary/aromatic N) is 1. The van der Waals surface area contributed by atoms with Crippen LogP contribution in [-0.2, 0) is 0 Å². The van der Waals surface area contributed by atoms with Gasteiger partial charge in [0.05, 0.1) is 10.7 Å². The van der Waals surface area contributed by atoms with Crippen LogP contribution in [-0.4, -0.2) is 16.1 Å². The molecule has 0 saturated heterocycles. The number of carboxylic acids is 1. The van der Waals surface area contributed by atoms with Gasteiger partial charge in [-0.15, -0.1) is 0 Å². The summed E-state index contributed by atoms with van der Waals surface area (Å²) in [5.74, 6) is -3.03. The average molecular weight is 285 g/mol. The van der Waals surface area contributed by atoms with E-state index in [1.807, 2.05) is 0 Å². The number of benzene rings is 1. The van der Waals surface area contributed by atoms with Crippen molar-refractivity contribution in [2.75, 3.05) is 5.73 Å². The average Bonchev–Trinajstić information content (AvgIpc) is 2.35. The number of aromatic carboxylic acids is 1. The van der Waals surface area contributed by atoms with Gasteiger partial charge in [-0.05, 0) is 18.2 Å². The van der Waals surface area contributed by atoms with Gasteiger partial charge in [-0.25, -0.2) is 18.6 Å². The number of aromatic nitrogens is 1. The zero-order chi connectivity index (χ0) is 14.2. The zero-order valence-corrected chi connectivity index (χ0v) is 10.1. The minimum Gasteiger partial charge on any atom is -0.477 e. The van der Waals surface area contributed by atoms with Gasteiger partial charge in [0.1, 0.15) is 11.5 Å². The van der Waals surface area contributed by atoms with Crippen molar-refractivity contribution in [3.8, 4) is 11.3 Å². The molecule has 2 rings (SSSR count). The largest absolute Gasteiger partial charge is 0.477 e. The fourth-order valence-electron chi connectivity index (χ4n) is 1.49. The second kappa shape index (κ2) is 4.81. The van der Waals surface area contributed by atoms with Crippen molar-refractivity contribution in [1.29, 1.82) is 0 Å². The van der Waals surface area contributed by atoms with Crippen LogP contribution in [0.15, 0.2) is 24.3 Å². The molecule has 0 saturated carbocycles. The molecule has 19 heavy (non-hydrogen) atoms. The lowest BCUT2D eigenvalue weighted by Crippen LogP contribution is -2.06. The van der Waals surface area contributed by atoms with Gasteiger partial charge in [0.25, 0.3) is 0 Å². The standard InChI is InChI=1S/C12H7ClF2N2O2/c13-6-2-1-5(3-7(6)14)11-10(15)8(16)4-9(17-11)12(18)19/h1-4H,(H2,16,17)(H,18,19). The maximum Gasteiger partial charge on any atom is 0.354 e. The topological polar surface area (TPSA) is 76.2 Å². The molecule has 0 unspecified atom stereocenters. The van der Waals surface area contributed by atoms with Crippen LogP contribution in [0.2, 0.25) is 5.02 Å². The highest BCUT2D eigenvalue weighted by Crippen LogP contribution is 2.28. The smallest absolute Gasteiger partial charge is 0.354 e. The van der Waals surface area contributed by atoms with Gasteiger partial charge >= 0.3 is 5.97 Å². The molecule has 0 aliphatic rings. The van der Waals surface area contributed by atoms with Crippen molar-refractivity contribution in [1.82, 2.24) is 4.98 Å². The highest BCUT2D eigenvalue weighted by Gasteiger charge is 2.16. The van der Waals surface area contributed by atoms with Crippen LogP contribution in [0.25, 0.3) is 11.3 Å². The van der Waals surface area contributed by atoms with Crippen LogP contribution in [0.1, 0.15) is 10.5 Å². The van der Waals surface area contributed by atoms with Crippen molar-refractivity contribution in [2.45, 2.75) is 0 Å². The molecule has 2 aromatic rings. The molecule has 0 spiro atoms. The zero-order valence-electron chi connectivity index (χ0n) is 9.32. The molecule has 0 atom stereocenters. The van der Waals surface area contributed by atoms with Crippen molar-refractivity contribution in [3.05, 3.63) is 46.6 Å². The summed E-state index contributed by atoms with van der Waals surface area (Å²) in [6, 6.07) is 4.39. The molecule has 1 aromatic heterocycles. The minimum atomic E-state index is -1.36. The number of nitrogens with two attached hydrogens (primary N) is 1. The van der Waals surface area contributed by atoms with E-state index in [0.717, 1.165) is 12.1 Å². The normalized spacial score (nSPS) is 10.5. The number of nitrogen functional groups attached to an aromatic ring is 1. The first kappa shape index (κ1) is 13.2. The number of anilines is 1. The SMILES string of the molecule is Nc1cc(C(=O)O)nc(-c2ccc(Cl)c(F)c2)c1F. The highest BCUT2D eigenvalue weighted by atomic mass is 35.5. The first-order chi connectivity index (χ1) is 8.90. The number of pyridine rings is 1. The third-order valence-electron chi connectivity index (χ3n) is 2.40. The second-order valence-electron chi connectivity index (χ2n) is 3.69. The van der Waals surface area contributed by atoms with Crippen molar-refractivity contribution < 1.29 is 18.7 Å². The first-order valence-corrected chi connectivity index (χ1v) is 5.42. The van der Waals surface area contributed by atoms with E-state index in [-0.39, 0.29) is 22.0 Å². The lowest BCUT2D eigenvalue weighted by atomic mass is 10.1. The molecule has 98 valence electrons. The Bertz CT molecular complexity index is 677. The Balaban J connectivity index is 2.66. The summed E-state index contributed by atoms with van der Waals surface area (Å²) in [4.78, 5) is 14.4. The predicted octanol–water partition coefficient (Wildman–Crippen LogP) is 2.96. The van der Waals surface area contributed by atoms with Crippen LogP contribution in [0.3, 0.4) is 0 Å². The van der Waals surface area contributed by atoms with Crippen molar-refractivity contribution >= 4 is 23.3 Å². The number of carboxylic acid groups (broad SMARTS) is 1. The van der Waals surface area contributed by atoms with Gasteiger partial charge in [-0.3, -0.25) is 0 Å². The van der Waals surface area contributed by atoms with Crippen LogP contribution >= 0.6 is 11.6 Å². The van der Waals surface area contributed by atoms with Gasteiger partial charge in [-0.2, -0.15) is 0 Å². The van der Waals surface area contributed by atoms with Gasteiger partial charge in [0, 0.05) is 5.56 Å². The van der Waals surface area contributed by atoms with E-state index in [4.69, 9.17) is 22.4 Å². The van der Waals surface area contributed by atoms with Crippen molar-refractivity contribution in [2.24, 2.45) is 0 Å². The number of rotatable bonds is 2. The molecule has 0 aliphatic carbocycles. The monoisotopic (exact) mass is 284 g/mol. The van der Waals surface area contributed by atoms with E-state index in [2.05, 4.69) is 4.98 Å². The predicted molar refractivity (Wildman–Crippen MR) is 66.0 cm³/mol. The Morgan fingerprint density at radius 3 is 2.58 bits per heavy atom.